The third kappa shape index (κ3) is 4.29. The molecule has 0 aliphatic heterocycles. The lowest BCUT2D eigenvalue weighted by Gasteiger charge is -2.22. The highest BCUT2D eigenvalue weighted by Crippen LogP contribution is 2.28. The number of carbonyl (C=O) groups is 1. The Morgan fingerprint density at radius 1 is 1.24 bits per heavy atom. The molecule has 1 aromatic heterocycles. The van der Waals surface area contributed by atoms with E-state index in [1.807, 2.05) is 30.3 Å². The van der Waals surface area contributed by atoms with Crippen LogP contribution in [0.3, 0.4) is 0 Å². The van der Waals surface area contributed by atoms with Crippen LogP contribution >= 0.6 is 11.8 Å². The van der Waals surface area contributed by atoms with Crippen molar-refractivity contribution in [2.45, 2.75) is 37.3 Å². The zero-order valence-electron chi connectivity index (χ0n) is 13.9. The molecule has 0 bridgehead atoms. The zero-order valence-corrected chi connectivity index (χ0v) is 14.7. The number of aliphatic hydroxyl groups is 1. The maximum Gasteiger partial charge on any atom is 0.348 e. The van der Waals surface area contributed by atoms with E-state index in [4.69, 9.17) is 0 Å². The lowest BCUT2D eigenvalue weighted by Crippen LogP contribution is -2.31. The molecule has 0 unspecified atom stereocenters. The van der Waals surface area contributed by atoms with Gasteiger partial charge in [0.2, 0.25) is 5.91 Å². The Morgan fingerprint density at radius 3 is 2.76 bits per heavy atom. The van der Waals surface area contributed by atoms with Crippen molar-refractivity contribution in [1.29, 1.82) is 0 Å². The van der Waals surface area contributed by atoms with Gasteiger partial charge in [-0.2, -0.15) is 4.98 Å². The maximum atomic E-state index is 12.3. The molecule has 0 fully saturated rings. The van der Waals surface area contributed by atoms with Gasteiger partial charge in [0.05, 0.1) is 18.9 Å². The third-order valence-corrected chi connectivity index (χ3v) is 5.19. The zero-order chi connectivity index (χ0) is 17.6. The van der Waals surface area contributed by atoms with Gasteiger partial charge >= 0.3 is 5.69 Å². The van der Waals surface area contributed by atoms with Crippen LogP contribution in [-0.4, -0.2) is 32.9 Å². The monoisotopic (exact) mass is 359 g/mol. The Morgan fingerprint density at radius 2 is 2.00 bits per heavy atom. The Bertz CT molecular complexity index is 805. The summed E-state index contributed by atoms with van der Waals surface area (Å²) in [6.07, 6.45) is 3.75. The number of thioether (sulfide) groups is 1. The highest BCUT2D eigenvalue weighted by Gasteiger charge is 2.20. The molecule has 1 aliphatic carbocycles. The summed E-state index contributed by atoms with van der Waals surface area (Å²) in [4.78, 5) is 28.6. The average molecular weight is 359 g/mol. The summed E-state index contributed by atoms with van der Waals surface area (Å²) in [7, 11) is 0. The Hall–Kier alpha value is -2.12. The van der Waals surface area contributed by atoms with Crippen LogP contribution in [0.4, 0.5) is 5.69 Å². The molecule has 2 aromatic rings. The predicted octanol–water partition coefficient (Wildman–Crippen LogP) is 1.85. The van der Waals surface area contributed by atoms with Gasteiger partial charge in [-0.05, 0) is 37.8 Å². The minimum absolute atomic E-state index is 0.0833. The van der Waals surface area contributed by atoms with E-state index in [9.17, 15) is 14.7 Å². The molecule has 25 heavy (non-hydrogen) atoms. The van der Waals surface area contributed by atoms with Crippen LogP contribution in [0.2, 0.25) is 0 Å². The number of para-hydroxylation sites is 1. The fraction of sp³-hybridized carbons (Fsp3) is 0.389. The van der Waals surface area contributed by atoms with Gasteiger partial charge in [0.25, 0.3) is 0 Å². The summed E-state index contributed by atoms with van der Waals surface area (Å²) in [5, 5.41) is 12.7. The highest BCUT2D eigenvalue weighted by atomic mass is 32.2. The number of hydrogen-bond acceptors (Lipinski definition) is 5. The topological polar surface area (TPSA) is 84.2 Å². The van der Waals surface area contributed by atoms with Crippen LogP contribution < -0.4 is 11.0 Å². The molecule has 0 atom stereocenters. The quantitative estimate of drug-likeness (QED) is 0.607. The molecule has 0 radical (unpaired) electrons. The van der Waals surface area contributed by atoms with Gasteiger partial charge in [0.15, 0.2) is 0 Å². The number of nitrogens with one attached hydrogen (secondary N) is 1. The Kier molecular flexibility index (Phi) is 5.88. The van der Waals surface area contributed by atoms with E-state index >= 15 is 0 Å². The van der Waals surface area contributed by atoms with Crippen LogP contribution in [-0.2, 0) is 24.2 Å². The number of benzene rings is 1. The first kappa shape index (κ1) is 17.7. The van der Waals surface area contributed by atoms with Crippen LogP contribution in [0.1, 0.15) is 24.1 Å². The summed E-state index contributed by atoms with van der Waals surface area (Å²) < 4.78 is 1.57. The average Bonchev–Trinajstić information content (AvgIpc) is 2.63. The van der Waals surface area contributed by atoms with Gasteiger partial charge in [-0.3, -0.25) is 9.36 Å². The van der Waals surface area contributed by atoms with Gasteiger partial charge in [-0.1, -0.05) is 30.0 Å². The van der Waals surface area contributed by atoms with E-state index < -0.39 is 0 Å². The number of rotatable bonds is 6. The van der Waals surface area contributed by atoms with E-state index in [0.717, 1.165) is 42.6 Å². The molecule has 0 spiro atoms. The van der Waals surface area contributed by atoms with Crippen molar-refractivity contribution in [3.05, 3.63) is 52.1 Å². The van der Waals surface area contributed by atoms with Gasteiger partial charge in [0.1, 0.15) is 5.03 Å². The summed E-state index contributed by atoms with van der Waals surface area (Å²) in [5.74, 6) is 0.0831. The molecule has 3 rings (SSSR count). The summed E-state index contributed by atoms with van der Waals surface area (Å²) in [5.41, 5.74) is 2.42. The van der Waals surface area contributed by atoms with Crippen LogP contribution in [0.5, 0.6) is 0 Å². The normalized spacial score (nSPS) is 13.3. The van der Waals surface area contributed by atoms with Crippen LogP contribution in [0.25, 0.3) is 0 Å². The van der Waals surface area contributed by atoms with Crippen molar-refractivity contribution in [1.82, 2.24) is 9.55 Å². The molecule has 7 heteroatoms. The summed E-state index contributed by atoms with van der Waals surface area (Å²) >= 11 is 1.30. The number of hydrogen-bond donors (Lipinski definition) is 2. The first-order valence-electron chi connectivity index (χ1n) is 8.40. The number of fused-ring (bicyclic) bond motifs is 1. The first-order chi connectivity index (χ1) is 12.2. The number of anilines is 1. The van der Waals surface area contributed by atoms with Gasteiger partial charge < -0.3 is 10.4 Å². The first-order valence-corrected chi connectivity index (χ1v) is 9.38. The van der Waals surface area contributed by atoms with Crippen molar-refractivity contribution in [2.75, 3.05) is 17.7 Å². The molecular formula is C18H21N3O3S. The molecule has 2 N–H and O–H groups in total. The number of nitrogens with zero attached hydrogens (tertiary/aromatic N) is 2. The predicted molar refractivity (Wildman–Crippen MR) is 98.0 cm³/mol. The smallest absolute Gasteiger partial charge is 0.348 e. The van der Waals surface area contributed by atoms with Crippen molar-refractivity contribution in [2.24, 2.45) is 0 Å². The largest absolute Gasteiger partial charge is 0.395 e. The molecular weight excluding hydrogens is 338 g/mol. The van der Waals surface area contributed by atoms with Gasteiger partial charge in [0, 0.05) is 16.9 Å². The lowest BCUT2D eigenvalue weighted by atomic mass is 9.97. The second-order valence-electron chi connectivity index (χ2n) is 5.91. The third-order valence-electron chi connectivity index (χ3n) is 4.17. The van der Waals surface area contributed by atoms with E-state index in [0.29, 0.717) is 5.03 Å². The standard InChI is InChI=1S/C18H21N3O3S/c22-11-10-21-15-9-5-4-8-14(15)17(20-18(21)24)25-12-16(23)19-13-6-2-1-3-7-13/h1-3,6-7,22H,4-5,8-12H2,(H,19,23). The molecule has 1 aromatic carbocycles. The van der Waals surface area contributed by atoms with E-state index in [2.05, 4.69) is 10.3 Å². The number of aromatic nitrogens is 2. The van der Waals surface area contributed by atoms with Crippen LogP contribution in [0.15, 0.2) is 40.2 Å². The number of aliphatic hydroxyl groups excluding tert-OH is 1. The van der Waals surface area contributed by atoms with Crippen LogP contribution in [0, 0.1) is 0 Å². The molecule has 1 heterocycles. The molecule has 1 amide bonds. The molecule has 6 nitrogen and oxygen atoms in total. The minimum Gasteiger partial charge on any atom is -0.395 e. The summed E-state index contributed by atoms with van der Waals surface area (Å²) in [6, 6.07) is 9.28. The molecule has 0 saturated heterocycles. The second kappa shape index (κ2) is 8.31. The van der Waals surface area contributed by atoms with Crippen molar-refractivity contribution < 1.29 is 9.90 Å². The Balaban J connectivity index is 1.75. The number of amides is 1. The van der Waals surface area contributed by atoms with Gasteiger partial charge in [-0.25, -0.2) is 4.79 Å². The molecule has 132 valence electrons. The van der Waals surface area contributed by atoms with Gasteiger partial charge in [-0.15, -0.1) is 0 Å². The van der Waals surface area contributed by atoms with E-state index in [1.54, 1.807) is 4.57 Å². The van der Waals surface area contributed by atoms with E-state index in [-0.39, 0.29) is 30.5 Å². The Labute approximate surface area is 150 Å². The van der Waals surface area contributed by atoms with Crippen molar-refractivity contribution in [3.8, 4) is 0 Å². The van der Waals surface area contributed by atoms with E-state index in [1.165, 1.54) is 11.8 Å². The van der Waals surface area contributed by atoms with Crippen molar-refractivity contribution >= 4 is 23.4 Å². The molecule has 0 saturated carbocycles. The maximum absolute atomic E-state index is 12.3. The number of carbonyl (C=O) groups excluding carboxylic acids is 1. The lowest BCUT2D eigenvalue weighted by molar-refractivity contribution is -0.113. The fourth-order valence-corrected chi connectivity index (χ4v) is 3.93. The minimum atomic E-state index is -0.347. The highest BCUT2D eigenvalue weighted by molar-refractivity contribution is 8.00. The summed E-state index contributed by atoms with van der Waals surface area (Å²) in [6.45, 7) is 0.188. The van der Waals surface area contributed by atoms with Crippen molar-refractivity contribution in [3.63, 3.8) is 0 Å². The fourth-order valence-electron chi connectivity index (χ4n) is 3.05. The molecule has 1 aliphatic rings. The second-order valence-corrected chi connectivity index (χ2v) is 6.87. The SMILES string of the molecule is O=C(CSc1nc(=O)n(CCO)c2c1CCCC2)Nc1ccccc1.